The van der Waals surface area contributed by atoms with Gasteiger partial charge in [-0.2, -0.15) is 5.10 Å². The van der Waals surface area contributed by atoms with Crippen molar-refractivity contribution in [2.24, 2.45) is 5.92 Å². The standard InChI is InChI=1S/C19H25ClN4O2/c1-11(2)8-16(13-9-12(20)4-5-17(13)26-3)22-19(25)18-14-10-21-7-6-15(14)23-24-18/h4-5,9,11,16,21H,6-8,10H2,1-3H3,(H,22,25)(H,23,24). The Morgan fingerprint density at radius 1 is 1.42 bits per heavy atom. The summed E-state index contributed by atoms with van der Waals surface area (Å²) in [5, 5.41) is 14.3. The summed E-state index contributed by atoms with van der Waals surface area (Å²) in [6.07, 6.45) is 1.63. The van der Waals surface area contributed by atoms with Crippen LogP contribution in [-0.2, 0) is 13.0 Å². The number of aromatic nitrogens is 2. The second-order valence-electron chi connectivity index (χ2n) is 7.00. The summed E-state index contributed by atoms with van der Waals surface area (Å²) >= 11 is 6.19. The molecule has 3 N–H and O–H groups in total. The lowest BCUT2D eigenvalue weighted by molar-refractivity contribution is 0.0925. The van der Waals surface area contributed by atoms with Crippen molar-refractivity contribution in [3.8, 4) is 5.75 Å². The van der Waals surface area contributed by atoms with Gasteiger partial charge in [0.1, 0.15) is 5.75 Å². The zero-order valence-electron chi connectivity index (χ0n) is 15.4. The number of halogens is 1. The van der Waals surface area contributed by atoms with Gasteiger partial charge in [0.05, 0.1) is 13.2 Å². The summed E-state index contributed by atoms with van der Waals surface area (Å²) < 4.78 is 5.48. The van der Waals surface area contributed by atoms with Crippen LogP contribution >= 0.6 is 11.6 Å². The van der Waals surface area contributed by atoms with Crippen LogP contribution in [0.3, 0.4) is 0 Å². The molecule has 0 spiro atoms. The van der Waals surface area contributed by atoms with E-state index in [-0.39, 0.29) is 11.9 Å². The minimum Gasteiger partial charge on any atom is -0.496 e. The van der Waals surface area contributed by atoms with Crippen molar-refractivity contribution in [3.63, 3.8) is 0 Å². The maximum absolute atomic E-state index is 12.9. The van der Waals surface area contributed by atoms with Crippen LogP contribution in [0.2, 0.25) is 5.02 Å². The Morgan fingerprint density at radius 3 is 2.96 bits per heavy atom. The topological polar surface area (TPSA) is 79.0 Å². The van der Waals surface area contributed by atoms with Crippen LogP contribution in [0.25, 0.3) is 0 Å². The summed E-state index contributed by atoms with van der Waals surface area (Å²) in [6, 6.07) is 5.26. The van der Waals surface area contributed by atoms with Crippen molar-refractivity contribution in [1.29, 1.82) is 0 Å². The molecule has 0 aliphatic carbocycles. The average molecular weight is 377 g/mol. The van der Waals surface area contributed by atoms with Crippen molar-refractivity contribution in [2.45, 2.75) is 39.3 Å². The first-order valence-electron chi connectivity index (χ1n) is 8.90. The number of hydrogen-bond acceptors (Lipinski definition) is 4. The molecule has 0 bridgehead atoms. The number of rotatable bonds is 6. The fourth-order valence-electron chi connectivity index (χ4n) is 3.35. The normalized spacial score (nSPS) is 14.8. The lowest BCUT2D eigenvalue weighted by Crippen LogP contribution is -2.32. The van der Waals surface area contributed by atoms with Gasteiger partial charge < -0.3 is 15.4 Å². The monoisotopic (exact) mass is 376 g/mol. The Labute approximate surface area is 158 Å². The fourth-order valence-corrected chi connectivity index (χ4v) is 3.53. The van der Waals surface area contributed by atoms with Gasteiger partial charge in [0.2, 0.25) is 0 Å². The predicted octanol–water partition coefficient (Wildman–Crippen LogP) is 3.23. The molecule has 2 aromatic rings. The third kappa shape index (κ3) is 4.02. The molecule has 0 radical (unpaired) electrons. The number of ether oxygens (including phenoxy) is 1. The molecular formula is C19H25ClN4O2. The summed E-state index contributed by atoms with van der Waals surface area (Å²) in [5.74, 6) is 0.920. The molecular weight excluding hydrogens is 352 g/mol. The predicted molar refractivity (Wildman–Crippen MR) is 102 cm³/mol. The van der Waals surface area contributed by atoms with Gasteiger partial charge in [0.15, 0.2) is 5.69 Å². The SMILES string of the molecule is COc1ccc(Cl)cc1C(CC(C)C)NC(=O)c1n[nH]c2c1CNCC2. The Balaban J connectivity index is 1.88. The summed E-state index contributed by atoms with van der Waals surface area (Å²) in [6.45, 7) is 5.79. The van der Waals surface area contributed by atoms with Crippen LogP contribution in [0, 0.1) is 5.92 Å². The molecule has 7 heteroatoms. The Bertz CT molecular complexity index is 788. The van der Waals surface area contributed by atoms with E-state index in [9.17, 15) is 4.79 Å². The van der Waals surface area contributed by atoms with Crippen LogP contribution in [0.1, 0.15) is 53.6 Å². The third-order valence-corrected chi connectivity index (χ3v) is 4.84. The first-order valence-corrected chi connectivity index (χ1v) is 9.28. The number of nitrogens with zero attached hydrogens (tertiary/aromatic N) is 1. The van der Waals surface area contributed by atoms with Crippen LogP contribution in [0.5, 0.6) is 5.75 Å². The van der Waals surface area contributed by atoms with Crippen molar-refractivity contribution >= 4 is 17.5 Å². The maximum atomic E-state index is 12.9. The highest BCUT2D eigenvalue weighted by Gasteiger charge is 2.26. The Morgan fingerprint density at radius 2 is 2.23 bits per heavy atom. The lowest BCUT2D eigenvalue weighted by atomic mass is 9.95. The van der Waals surface area contributed by atoms with E-state index in [0.29, 0.717) is 28.9 Å². The van der Waals surface area contributed by atoms with Gasteiger partial charge in [-0.25, -0.2) is 0 Å². The number of carbonyl (C=O) groups is 1. The molecule has 140 valence electrons. The fraction of sp³-hybridized carbons (Fsp3) is 0.474. The van der Waals surface area contributed by atoms with Gasteiger partial charge in [0, 0.05) is 41.4 Å². The van der Waals surface area contributed by atoms with Gasteiger partial charge in [-0.3, -0.25) is 9.89 Å². The van der Waals surface area contributed by atoms with E-state index in [1.807, 2.05) is 12.1 Å². The number of carbonyl (C=O) groups excluding carboxylic acids is 1. The largest absolute Gasteiger partial charge is 0.496 e. The molecule has 1 unspecified atom stereocenters. The highest BCUT2D eigenvalue weighted by atomic mass is 35.5. The smallest absolute Gasteiger partial charge is 0.272 e. The molecule has 3 rings (SSSR count). The second kappa shape index (κ2) is 8.10. The van der Waals surface area contributed by atoms with Crippen molar-refractivity contribution < 1.29 is 9.53 Å². The zero-order valence-corrected chi connectivity index (χ0v) is 16.1. The number of nitrogens with one attached hydrogen (secondary N) is 3. The van der Waals surface area contributed by atoms with Crippen LogP contribution < -0.4 is 15.4 Å². The number of aromatic amines is 1. The molecule has 1 atom stereocenters. The summed E-state index contributed by atoms with van der Waals surface area (Å²) in [7, 11) is 1.62. The number of fused-ring (bicyclic) bond motifs is 1. The van der Waals surface area contributed by atoms with Gasteiger partial charge in [-0.15, -0.1) is 0 Å². The lowest BCUT2D eigenvalue weighted by Gasteiger charge is -2.23. The quantitative estimate of drug-likeness (QED) is 0.723. The maximum Gasteiger partial charge on any atom is 0.272 e. The van der Waals surface area contributed by atoms with E-state index >= 15 is 0 Å². The molecule has 1 aromatic heterocycles. The molecule has 1 aromatic carbocycles. The number of benzene rings is 1. The van der Waals surface area contributed by atoms with E-state index in [1.165, 1.54) is 0 Å². The average Bonchev–Trinajstić information content (AvgIpc) is 3.05. The molecule has 26 heavy (non-hydrogen) atoms. The van der Waals surface area contributed by atoms with E-state index in [0.717, 1.165) is 36.2 Å². The van der Waals surface area contributed by atoms with Crippen LogP contribution in [0.4, 0.5) is 0 Å². The van der Waals surface area contributed by atoms with Crippen molar-refractivity contribution in [2.75, 3.05) is 13.7 Å². The van der Waals surface area contributed by atoms with Gasteiger partial charge in [-0.05, 0) is 30.5 Å². The second-order valence-corrected chi connectivity index (χ2v) is 7.43. The molecule has 0 saturated carbocycles. The van der Waals surface area contributed by atoms with Gasteiger partial charge in [-0.1, -0.05) is 25.4 Å². The molecule has 1 aliphatic heterocycles. The van der Waals surface area contributed by atoms with E-state index < -0.39 is 0 Å². The van der Waals surface area contributed by atoms with E-state index in [1.54, 1.807) is 13.2 Å². The van der Waals surface area contributed by atoms with Crippen molar-refractivity contribution in [3.05, 3.63) is 45.7 Å². The van der Waals surface area contributed by atoms with Gasteiger partial charge >= 0.3 is 0 Å². The van der Waals surface area contributed by atoms with Gasteiger partial charge in [0.25, 0.3) is 5.91 Å². The Hall–Kier alpha value is -2.05. The number of amides is 1. The summed E-state index contributed by atoms with van der Waals surface area (Å²) in [4.78, 5) is 12.9. The van der Waals surface area contributed by atoms with Crippen molar-refractivity contribution in [1.82, 2.24) is 20.8 Å². The summed E-state index contributed by atoms with van der Waals surface area (Å²) in [5.41, 5.74) is 3.33. The Kier molecular flexibility index (Phi) is 5.84. The minimum atomic E-state index is -0.208. The number of methoxy groups -OCH3 is 1. The zero-order chi connectivity index (χ0) is 18.7. The highest BCUT2D eigenvalue weighted by molar-refractivity contribution is 6.30. The number of H-pyrrole nitrogens is 1. The van der Waals surface area contributed by atoms with E-state index in [2.05, 4.69) is 34.7 Å². The molecule has 6 nitrogen and oxygen atoms in total. The molecule has 0 saturated heterocycles. The minimum absolute atomic E-state index is 0.182. The highest BCUT2D eigenvalue weighted by Crippen LogP contribution is 2.32. The van der Waals surface area contributed by atoms with Crippen LogP contribution in [0.15, 0.2) is 18.2 Å². The molecule has 1 amide bonds. The first-order chi connectivity index (χ1) is 12.5. The third-order valence-electron chi connectivity index (χ3n) is 4.60. The molecule has 2 heterocycles. The van der Waals surface area contributed by atoms with E-state index in [4.69, 9.17) is 16.3 Å². The molecule has 0 fully saturated rings. The molecule has 1 aliphatic rings. The first kappa shape index (κ1) is 18.7. The van der Waals surface area contributed by atoms with Crippen LogP contribution in [-0.4, -0.2) is 29.8 Å². The number of hydrogen-bond donors (Lipinski definition) is 3.